The second-order valence-electron chi connectivity index (χ2n) is 4.41. The minimum absolute atomic E-state index is 0.858. The van der Waals surface area contributed by atoms with E-state index in [0.29, 0.717) is 0 Å². The van der Waals surface area contributed by atoms with Crippen LogP contribution in [0, 0.1) is 0 Å². The van der Waals surface area contributed by atoms with Crippen LogP contribution in [0.2, 0.25) is 0 Å². The van der Waals surface area contributed by atoms with Gasteiger partial charge in [-0.1, -0.05) is 52.3 Å². The Bertz CT molecular complexity index is 734. The van der Waals surface area contributed by atoms with Crippen LogP contribution in [0.4, 0.5) is 0 Å². The molecule has 0 aliphatic heterocycles. The molecule has 0 aliphatic carbocycles. The number of hydrogen-bond donors (Lipinski definition) is 0. The van der Waals surface area contributed by atoms with Gasteiger partial charge in [0.25, 0.3) is 0 Å². The van der Waals surface area contributed by atoms with E-state index in [0.717, 1.165) is 10.2 Å². The molecule has 19 heavy (non-hydrogen) atoms. The first kappa shape index (κ1) is 12.2. The molecule has 0 unspecified atom stereocenters. The third-order valence-corrected chi connectivity index (χ3v) is 3.89. The molecular weight excluding hydrogens is 300 g/mol. The van der Waals surface area contributed by atoms with Crippen LogP contribution < -0.4 is 4.74 Å². The van der Waals surface area contributed by atoms with Gasteiger partial charge in [-0.3, -0.25) is 0 Å². The summed E-state index contributed by atoms with van der Waals surface area (Å²) in [7, 11) is 1.68. The lowest BCUT2D eigenvalue weighted by Gasteiger charge is -2.08. The van der Waals surface area contributed by atoms with Crippen LogP contribution >= 0.6 is 15.9 Å². The summed E-state index contributed by atoms with van der Waals surface area (Å²) >= 11 is 3.61. The van der Waals surface area contributed by atoms with Crippen molar-refractivity contribution >= 4 is 26.7 Å². The summed E-state index contributed by atoms with van der Waals surface area (Å²) < 4.78 is 6.27. The highest BCUT2D eigenvalue weighted by molar-refractivity contribution is 9.10. The van der Waals surface area contributed by atoms with Crippen LogP contribution in [0.15, 0.2) is 65.1 Å². The molecule has 94 valence electrons. The van der Waals surface area contributed by atoms with Gasteiger partial charge in [0, 0.05) is 4.47 Å². The van der Waals surface area contributed by atoms with E-state index in [2.05, 4.69) is 64.5 Å². The highest BCUT2D eigenvalue weighted by atomic mass is 79.9. The average Bonchev–Trinajstić information content (AvgIpc) is 2.46. The van der Waals surface area contributed by atoms with Crippen molar-refractivity contribution in [3.8, 4) is 16.9 Å². The molecule has 0 saturated heterocycles. The van der Waals surface area contributed by atoms with E-state index in [1.807, 2.05) is 12.1 Å². The molecule has 0 N–H and O–H groups in total. The quantitative estimate of drug-likeness (QED) is 0.625. The van der Waals surface area contributed by atoms with E-state index in [-0.39, 0.29) is 0 Å². The zero-order valence-corrected chi connectivity index (χ0v) is 12.1. The van der Waals surface area contributed by atoms with Gasteiger partial charge in [-0.25, -0.2) is 0 Å². The van der Waals surface area contributed by atoms with Gasteiger partial charge < -0.3 is 4.74 Å². The van der Waals surface area contributed by atoms with Gasteiger partial charge in [0.15, 0.2) is 0 Å². The summed E-state index contributed by atoms with van der Waals surface area (Å²) in [4.78, 5) is 0. The smallest absolute Gasteiger partial charge is 0.120 e. The molecule has 0 spiro atoms. The molecule has 0 amide bonds. The first-order chi connectivity index (χ1) is 9.28. The maximum absolute atomic E-state index is 5.23. The standard InChI is InChI=1S/C17H13BrO/c1-19-15-8-9-16(17(18)11-15)14-7-6-12-4-2-3-5-13(12)10-14/h2-11H,1H3. The third kappa shape index (κ3) is 2.36. The lowest BCUT2D eigenvalue weighted by atomic mass is 10.0. The Hall–Kier alpha value is -1.80. The predicted octanol–water partition coefficient (Wildman–Crippen LogP) is 5.28. The summed E-state index contributed by atoms with van der Waals surface area (Å²) in [6.45, 7) is 0. The van der Waals surface area contributed by atoms with Gasteiger partial charge in [0.05, 0.1) is 7.11 Å². The number of ether oxygens (including phenoxy) is 1. The number of fused-ring (bicyclic) bond motifs is 1. The van der Waals surface area contributed by atoms with Gasteiger partial charge >= 0.3 is 0 Å². The zero-order chi connectivity index (χ0) is 13.2. The molecule has 0 aromatic heterocycles. The van der Waals surface area contributed by atoms with Crippen molar-refractivity contribution in [1.29, 1.82) is 0 Å². The van der Waals surface area contributed by atoms with E-state index in [4.69, 9.17) is 4.74 Å². The second kappa shape index (κ2) is 5.06. The van der Waals surface area contributed by atoms with Crippen molar-refractivity contribution in [2.75, 3.05) is 7.11 Å². The number of halogens is 1. The minimum atomic E-state index is 0.858. The highest BCUT2D eigenvalue weighted by Crippen LogP contribution is 2.33. The van der Waals surface area contributed by atoms with Crippen molar-refractivity contribution in [1.82, 2.24) is 0 Å². The summed E-state index contributed by atoms with van der Waals surface area (Å²) in [6.07, 6.45) is 0. The fourth-order valence-corrected chi connectivity index (χ4v) is 2.80. The normalized spacial score (nSPS) is 10.6. The Kier molecular flexibility index (Phi) is 3.26. The first-order valence-corrected chi connectivity index (χ1v) is 6.90. The Labute approximate surface area is 121 Å². The van der Waals surface area contributed by atoms with Gasteiger partial charge in [0.1, 0.15) is 5.75 Å². The van der Waals surface area contributed by atoms with Crippen LogP contribution in [0.5, 0.6) is 5.75 Å². The average molecular weight is 313 g/mol. The molecular formula is C17H13BrO. The molecule has 3 aromatic rings. The van der Waals surface area contributed by atoms with Gasteiger partial charge in [-0.2, -0.15) is 0 Å². The monoisotopic (exact) mass is 312 g/mol. The molecule has 0 radical (unpaired) electrons. The topological polar surface area (TPSA) is 9.23 Å². The van der Waals surface area contributed by atoms with E-state index in [1.165, 1.54) is 21.9 Å². The Balaban J connectivity index is 2.13. The summed E-state index contributed by atoms with van der Waals surface area (Å²) in [5.74, 6) is 0.858. The van der Waals surface area contributed by atoms with Crippen molar-refractivity contribution in [2.24, 2.45) is 0 Å². The van der Waals surface area contributed by atoms with Crippen LogP contribution in [-0.2, 0) is 0 Å². The van der Waals surface area contributed by atoms with E-state index in [1.54, 1.807) is 7.11 Å². The fraction of sp³-hybridized carbons (Fsp3) is 0.0588. The van der Waals surface area contributed by atoms with Gasteiger partial charge in [-0.15, -0.1) is 0 Å². The van der Waals surface area contributed by atoms with E-state index in [9.17, 15) is 0 Å². The van der Waals surface area contributed by atoms with Crippen LogP contribution in [-0.4, -0.2) is 7.11 Å². The first-order valence-electron chi connectivity index (χ1n) is 6.10. The highest BCUT2D eigenvalue weighted by Gasteiger charge is 2.05. The summed E-state index contributed by atoms with van der Waals surface area (Å²) in [5, 5.41) is 2.51. The number of hydrogen-bond acceptors (Lipinski definition) is 1. The SMILES string of the molecule is COc1ccc(-c2ccc3ccccc3c2)c(Br)c1. The molecule has 3 aromatic carbocycles. The van der Waals surface area contributed by atoms with Crippen molar-refractivity contribution < 1.29 is 4.74 Å². The molecule has 0 atom stereocenters. The molecule has 1 nitrogen and oxygen atoms in total. The molecule has 0 fully saturated rings. The maximum atomic E-state index is 5.23. The number of rotatable bonds is 2. The molecule has 3 rings (SSSR count). The number of methoxy groups -OCH3 is 1. The Morgan fingerprint density at radius 2 is 1.63 bits per heavy atom. The Morgan fingerprint density at radius 1 is 0.842 bits per heavy atom. The molecule has 0 bridgehead atoms. The minimum Gasteiger partial charge on any atom is -0.497 e. The summed E-state index contributed by atoms with van der Waals surface area (Å²) in [6, 6.07) is 20.9. The largest absolute Gasteiger partial charge is 0.497 e. The fourth-order valence-electron chi connectivity index (χ4n) is 2.21. The lowest BCUT2D eigenvalue weighted by molar-refractivity contribution is 0.414. The molecule has 0 aliphatic rings. The van der Waals surface area contributed by atoms with E-state index < -0.39 is 0 Å². The van der Waals surface area contributed by atoms with Crippen molar-refractivity contribution in [2.45, 2.75) is 0 Å². The Morgan fingerprint density at radius 3 is 2.37 bits per heavy atom. The lowest BCUT2D eigenvalue weighted by Crippen LogP contribution is -1.85. The molecule has 0 heterocycles. The molecule has 0 saturated carbocycles. The predicted molar refractivity (Wildman–Crippen MR) is 83.6 cm³/mol. The maximum Gasteiger partial charge on any atom is 0.120 e. The van der Waals surface area contributed by atoms with Crippen LogP contribution in [0.25, 0.3) is 21.9 Å². The zero-order valence-electron chi connectivity index (χ0n) is 10.6. The van der Waals surface area contributed by atoms with Gasteiger partial charge in [0.2, 0.25) is 0 Å². The van der Waals surface area contributed by atoms with Crippen molar-refractivity contribution in [3.05, 3.63) is 65.1 Å². The molecule has 2 heteroatoms. The van der Waals surface area contributed by atoms with Gasteiger partial charge in [-0.05, 0) is 46.2 Å². The van der Waals surface area contributed by atoms with Crippen LogP contribution in [0.3, 0.4) is 0 Å². The third-order valence-electron chi connectivity index (χ3n) is 3.24. The van der Waals surface area contributed by atoms with E-state index >= 15 is 0 Å². The summed E-state index contributed by atoms with van der Waals surface area (Å²) in [5.41, 5.74) is 2.37. The van der Waals surface area contributed by atoms with Crippen molar-refractivity contribution in [3.63, 3.8) is 0 Å². The van der Waals surface area contributed by atoms with Crippen LogP contribution in [0.1, 0.15) is 0 Å². The second-order valence-corrected chi connectivity index (χ2v) is 5.26. The number of benzene rings is 3.